The molecule has 0 fully saturated rings. The number of rotatable bonds is 2. The van der Waals surface area contributed by atoms with Crippen molar-refractivity contribution in [1.82, 2.24) is 4.98 Å². The van der Waals surface area contributed by atoms with E-state index in [1.165, 1.54) is 7.11 Å². The number of esters is 1. The summed E-state index contributed by atoms with van der Waals surface area (Å²) < 4.78 is 4.92. The van der Waals surface area contributed by atoms with Crippen LogP contribution in [0.25, 0.3) is 0 Å². The van der Waals surface area contributed by atoms with Crippen molar-refractivity contribution in [3.8, 4) is 0 Å². The van der Waals surface area contributed by atoms with Gasteiger partial charge in [0.05, 0.1) is 19.2 Å². The van der Waals surface area contributed by atoms with E-state index in [9.17, 15) is 4.79 Å². The van der Waals surface area contributed by atoms with Crippen LogP contribution in [0, 0.1) is 0 Å². The van der Waals surface area contributed by atoms with Crippen molar-refractivity contribution >= 4 is 35.1 Å². The van der Waals surface area contributed by atoms with Crippen molar-refractivity contribution in [3.63, 3.8) is 0 Å². The molecule has 4 nitrogen and oxygen atoms in total. The lowest BCUT2D eigenvalue weighted by molar-refractivity contribution is -0.139. The number of carbonyl (C=O) groups excluding carboxylic acids is 1. The number of nitrogen functional groups attached to an aromatic ring is 1. The Hall–Kier alpha value is -1.04. The maximum Gasteiger partial charge on any atom is 0.311 e. The average molecular weight is 182 g/mol. The van der Waals surface area contributed by atoms with Crippen LogP contribution in [-0.2, 0) is 16.0 Å². The summed E-state index contributed by atoms with van der Waals surface area (Å²) in [6, 6.07) is 0. The third-order valence-corrected chi connectivity index (χ3v) is 2.04. The maximum absolute atomic E-state index is 10.8. The molecule has 0 bridgehead atoms. The molecule has 0 saturated carbocycles. The third-order valence-electron chi connectivity index (χ3n) is 1.28. The van der Waals surface area contributed by atoms with Gasteiger partial charge in [0.2, 0.25) is 0 Å². The zero-order valence-electron chi connectivity index (χ0n) is 6.53. The highest BCUT2D eigenvalue weighted by Crippen LogP contribution is 2.07. The Morgan fingerprint density at radius 2 is 2.50 bits per heavy atom. The Bertz CT molecular complexity index is 300. The Labute approximate surface area is 75.2 Å². The van der Waals surface area contributed by atoms with Crippen LogP contribution in [0.4, 0.5) is 5.13 Å². The van der Waals surface area contributed by atoms with E-state index in [0.29, 0.717) is 15.6 Å². The first kappa shape index (κ1) is 9.06. The molecule has 1 heterocycles. The molecule has 6 heteroatoms. The molecule has 0 unspecified atom stereocenters. The molecule has 0 aliphatic heterocycles. The molecule has 0 spiro atoms. The fourth-order valence-corrected chi connectivity index (χ4v) is 1.33. The lowest BCUT2D eigenvalue weighted by Crippen LogP contribution is -2.12. The molecule has 62 valence electrons. The second-order valence-electron chi connectivity index (χ2n) is 2.12. The van der Waals surface area contributed by atoms with E-state index in [1.807, 2.05) is 0 Å². The molecule has 0 amide bonds. The fourth-order valence-electron chi connectivity index (χ4n) is 0.718. The number of ether oxygens (including phenoxy) is 1. The van der Waals surface area contributed by atoms with Gasteiger partial charge in [-0.15, -0.1) is 11.3 Å². The van der Waals surface area contributed by atoms with Crippen molar-refractivity contribution in [3.05, 3.63) is 5.69 Å². The summed E-state index contributed by atoms with van der Waals surface area (Å²) in [5.74, 6) is -0.369. The van der Waals surface area contributed by atoms with Crippen molar-refractivity contribution in [2.75, 3.05) is 12.8 Å². The highest BCUT2D eigenvalue weighted by molar-refractivity contribution is 7.23. The summed E-state index contributed by atoms with van der Waals surface area (Å²) in [5.41, 5.74) is 5.86. The van der Waals surface area contributed by atoms with Crippen LogP contribution in [0.15, 0.2) is 0 Å². The Balaban J connectivity index is 2.75. The second kappa shape index (κ2) is 3.58. The van der Waals surface area contributed by atoms with Gasteiger partial charge in [0.15, 0.2) is 5.13 Å². The third kappa shape index (κ3) is 1.98. The summed E-state index contributed by atoms with van der Waals surface area (Å²) in [7, 11) is 6.83. The van der Waals surface area contributed by atoms with Crippen molar-refractivity contribution in [2.24, 2.45) is 0 Å². The predicted octanol–water partition coefficient (Wildman–Crippen LogP) is -0.765. The largest absolute Gasteiger partial charge is 0.469 e. The number of thiazole rings is 1. The van der Waals surface area contributed by atoms with Gasteiger partial charge in [0.1, 0.15) is 7.85 Å². The smallest absolute Gasteiger partial charge is 0.311 e. The zero-order chi connectivity index (χ0) is 9.14. The number of nitrogens with zero attached hydrogens (tertiary/aromatic N) is 1. The zero-order valence-corrected chi connectivity index (χ0v) is 7.35. The normalized spacial score (nSPS) is 9.75. The van der Waals surface area contributed by atoms with Gasteiger partial charge in [0, 0.05) is 0 Å². The van der Waals surface area contributed by atoms with Gasteiger partial charge in [-0.05, 0) is 4.78 Å². The first-order valence-electron chi connectivity index (χ1n) is 3.21. The number of methoxy groups -OCH3 is 1. The van der Waals surface area contributed by atoms with E-state index in [-0.39, 0.29) is 12.4 Å². The van der Waals surface area contributed by atoms with Crippen LogP contribution >= 0.6 is 11.3 Å². The van der Waals surface area contributed by atoms with Crippen LogP contribution in [0.1, 0.15) is 5.69 Å². The number of aromatic nitrogens is 1. The molecule has 0 saturated heterocycles. The molecule has 2 N–H and O–H groups in total. The molecular formula is C6H7BN2O2S. The van der Waals surface area contributed by atoms with Gasteiger partial charge in [0.25, 0.3) is 0 Å². The van der Waals surface area contributed by atoms with Gasteiger partial charge < -0.3 is 10.5 Å². The number of hydrogen-bond donors (Lipinski definition) is 1. The molecular weight excluding hydrogens is 175 g/mol. The highest BCUT2D eigenvalue weighted by atomic mass is 32.1. The molecule has 0 aromatic carbocycles. The van der Waals surface area contributed by atoms with E-state index in [4.69, 9.17) is 13.6 Å². The molecule has 1 aromatic rings. The first-order chi connectivity index (χ1) is 5.63. The van der Waals surface area contributed by atoms with Gasteiger partial charge >= 0.3 is 5.97 Å². The lowest BCUT2D eigenvalue weighted by Gasteiger charge is -1.95. The predicted molar refractivity (Wildman–Crippen MR) is 47.6 cm³/mol. The minimum atomic E-state index is -0.369. The average Bonchev–Trinajstić information content (AvgIpc) is 2.30. The van der Waals surface area contributed by atoms with Crippen molar-refractivity contribution < 1.29 is 9.53 Å². The minimum Gasteiger partial charge on any atom is -0.469 e. The SMILES string of the molecule is [B]c1sc(N)nc1CC(=O)OC. The topological polar surface area (TPSA) is 65.2 Å². The number of carbonyl (C=O) groups is 1. The number of anilines is 1. The van der Waals surface area contributed by atoms with Crippen LogP contribution < -0.4 is 10.5 Å². The molecule has 0 aliphatic carbocycles. The van der Waals surface area contributed by atoms with Gasteiger partial charge in [-0.3, -0.25) is 4.79 Å². The lowest BCUT2D eigenvalue weighted by atomic mass is 10.0. The molecule has 1 aromatic heterocycles. The Morgan fingerprint density at radius 3 is 2.92 bits per heavy atom. The first-order valence-corrected chi connectivity index (χ1v) is 4.02. The van der Waals surface area contributed by atoms with Crippen molar-refractivity contribution in [2.45, 2.75) is 6.42 Å². The van der Waals surface area contributed by atoms with E-state index in [1.54, 1.807) is 0 Å². The highest BCUT2D eigenvalue weighted by Gasteiger charge is 2.09. The molecule has 1 rings (SSSR count). The number of nitrogens with two attached hydrogens (primary N) is 1. The number of hydrogen-bond acceptors (Lipinski definition) is 5. The molecule has 12 heavy (non-hydrogen) atoms. The molecule has 2 radical (unpaired) electrons. The summed E-state index contributed by atoms with van der Waals surface area (Å²) in [6.07, 6.45) is 0.0794. The summed E-state index contributed by atoms with van der Waals surface area (Å²) in [6.45, 7) is 0. The van der Waals surface area contributed by atoms with E-state index < -0.39 is 0 Å². The van der Waals surface area contributed by atoms with Gasteiger partial charge in [-0.1, -0.05) is 0 Å². The van der Waals surface area contributed by atoms with Gasteiger partial charge in [-0.2, -0.15) is 0 Å². The Kier molecular flexibility index (Phi) is 2.70. The van der Waals surface area contributed by atoms with Crippen LogP contribution in [0.5, 0.6) is 0 Å². The fraction of sp³-hybridized carbons (Fsp3) is 0.333. The quantitative estimate of drug-likeness (QED) is 0.482. The summed E-state index contributed by atoms with van der Waals surface area (Å²) in [4.78, 5) is 14.7. The Morgan fingerprint density at radius 1 is 1.83 bits per heavy atom. The standard InChI is InChI=1S/C6H7BN2O2S/c1-11-4(10)2-3-5(7)12-6(8)9-3/h2H2,1H3,(H2,8,9). The maximum atomic E-state index is 10.8. The second-order valence-corrected chi connectivity index (χ2v) is 3.18. The van der Waals surface area contributed by atoms with Crippen LogP contribution in [0.3, 0.4) is 0 Å². The summed E-state index contributed by atoms with van der Waals surface area (Å²) in [5, 5.41) is 0.367. The van der Waals surface area contributed by atoms with Crippen LogP contribution in [0.2, 0.25) is 0 Å². The van der Waals surface area contributed by atoms with Crippen LogP contribution in [-0.4, -0.2) is 25.9 Å². The summed E-state index contributed by atoms with van der Waals surface area (Å²) >= 11 is 1.16. The molecule has 0 aliphatic rings. The van der Waals surface area contributed by atoms with Gasteiger partial charge in [-0.25, -0.2) is 4.98 Å². The van der Waals surface area contributed by atoms with Crippen molar-refractivity contribution in [1.29, 1.82) is 0 Å². The van der Waals surface area contributed by atoms with E-state index >= 15 is 0 Å². The minimum absolute atomic E-state index is 0.0794. The molecule has 0 atom stereocenters. The monoisotopic (exact) mass is 182 g/mol. The van der Waals surface area contributed by atoms with E-state index in [2.05, 4.69) is 9.72 Å². The van der Waals surface area contributed by atoms with E-state index in [0.717, 1.165) is 11.3 Å².